The van der Waals surface area contributed by atoms with Crippen LogP contribution in [0.25, 0.3) is 17.2 Å². The van der Waals surface area contributed by atoms with Gasteiger partial charge in [0, 0.05) is 5.41 Å². The third kappa shape index (κ3) is 5.86. The number of carbonyl (C=O) groups is 1. The molecule has 0 radical (unpaired) electrons. The maximum atomic E-state index is 11.0. The Morgan fingerprint density at radius 3 is 1.88 bits per heavy atom. The van der Waals surface area contributed by atoms with Crippen molar-refractivity contribution in [1.29, 1.82) is 0 Å². The lowest BCUT2D eigenvalue weighted by Crippen LogP contribution is -2.26. The third-order valence-electron chi connectivity index (χ3n) is 6.78. The molecule has 34 heavy (non-hydrogen) atoms. The minimum Gasteiger partial charge on any atom is -0.481 e. The Balaban J connectivity index is 0.00000199. The van der Waals surface area contributed by atoms with Crippen LogP contribution in [-0.4, -0.2) is 11.1 Å². The molecule has 3 rings (SSSR count). The highest BCUT2D eigenvalue weighted by atomic mass is 16.4. The lowest BCUT2D eigenvalue weighted by Gasteiger charge is -2.34. The molecule has 0 aromatic heterocycles. The maximum absolute atomic E-state index is 11.0. The van der Waals surface area contributed by atoms with E-state index in [4.69, 9.17) is 5.11 Å². The fraction of sp³-hybridized carbons (Fsp3) is 0.344. The average molecular weight is 457 g/mol. The van der Waals surface area contributed by atoms with Crippen LogP contribution in [0.3, 0.4) is 0 Å². The van der Waals surface area contributed by atoms with Crippen LogP contribution in [0.15, 0.2) is 66.7 Å². The molecule has 0 heterocycles. The van der Waals surface area contributed by atoms with Crippen molar-refractivity contribution < 1.29 is 9.90 Å². The van der Waals surface area contributed by atoms with Crippen molar-refractivity contribution in [3.63, 3.8) is 0 Å². The van der Waals surface area contributed by atoms with Crippen LogP contribution >= 0.6 is 0 Å². The van der Waals surface area contributed by atoms with Crippen LogP contribution in [0.5, 0.6) is 0 Å². The van der Waals surface area contributed by atoms with Crippen LogP contribution in [0.4, 0.5) is 0 Å². The molecule has 1 N–H and O–H groups in total. The number of aryl methyl sites for hydroxylation is 2. The van der Waals surface area contributed by atoms with Crippen molar-refractivity contribution in [2.45, 2.75) is 73.1 Å². The molecule has 3 aromatic carbocycles. The highest BCUT2D eigenvalue weighted by Gasteiger charge is 2.31. The highest BCUT2D eigenvalue weighted by molar-refractivity contribution is 5.72. The van der Waals surface area contributed by atoms with Gasteiger partial charge in [0.25, 0.3) is 0 Å². The second kappa shape index (κ2) is 12.4. The molecule has 0 fully saturated rings. The summed E-state index contributed by atoms with van der Waals surface area (Å²) in [5, 5.41) is 9.00. The Kier molecular flexibility index (Phi) is 9.86. The summed E-state index contributed by atoms with van der Waals surface area (Å²) in [5.74, 6) is -0.803. The predicted molar refractivity (Wildman–Crippen MR) is 147 cm³/mol. The van der Waals surface area contributed by atoms with E-state index >= 15 is 0 Å². The van der Waals surface area contributed by atoms with E-state index in [0.29, 0.717) is 0 Å². The third-order valence-corrected chi connectivity index (χ3v) is 6.78. The molecule has 0 atom stereocenters. The lowest BCUT2D eigenvalue weighted by atomic mass is 9.69. The minimum atomic E-state index is -0.803. The van der Waals surface area contributed by atoms with E-state index in [1.165, 1.54) is 33.4 Å². The number of hydrogen-bond donors (Lipinski definition) is 1. The lowest BCUT2D eigenvalue weighted by molar-refractivity contribution is -0.136. The minimum absolute atomic E-state index is 0.0200. The van der Waals surface area contributed by atoms with E-state index in [-0.39, 0.29) is 11.8 Å². The van der Waals surface area contributed by atoms with Gasteiger partial charge in [-0.3, -0.25) is 4.79 Å². The standard InChI is InChI=1S/C30H34O2.C2H6/c1-6-9-24-14-15-26(18-21(24)4)30(7-2,8-3)27-16-17-28(22(5)19-27)25-12-10-23(11-13-25)20-29(31)32;1-2/h6,9-19H,7-8,20H2,1-5H3,(H,31,32);1-2H3/b9-6+;. The molecular weight excluding hydrogens is 416 g/mol. The van der Waals surface area contributed by atoms with Crippen LogP contribution in [0, 0.1) is 13.8 Å². The van der Waals surface area contributed by atoms with Gasteiger partial charge in [0.1, 0.15) is 0 Å². The normalized spacial score (nSPS) is 11.3. The Bertz CT molecular complexity index is 1120. The quantitative estimate of drug-likeness (QED) is 0.368. The van der Waals surface area contributed by atoms with Gasteiger partial charge >= 0.3 is 5.97 Å². The monoisotopic (exact) mass is 456 g/mol. The number of carboxylic acids is 1. The Morgan fingerprint density at radius 1 is 0.853 bits per heavy atom. The Morgan fingerprint density at radius 2 is 1.41 bits per heavy atom. The first-order valence-corrected chi connectivity index (χ1v) is 12.5. The number of aliphatic carboxylic acids is 1. The van der Waals surface area contributed by atoms with E-state index < -0.39 is 5.97 Å². The first kappa shape index (κ1) is 27.1. The van der Waals surface area contributed by atoms with E-state index in [1.807, 2.05) is 38.1 Å². The molecule has 2 heteroatoms. The smallest absolute Gasteiger partial charge is 0.307 e. The van der Waals surface area contributed by atoms with Crippen molar-refractivity contribution in [2.75, 3.05) is 0 Å². The van der Waals surface area contributed by atoms with Crippen molar-refractivity contribution in [3.05, 3.63) is 100 Å². The molecule has 0 bridgehead atoms. The SMILES string of the molecule is C/C=C/c1ccc(C(CC)(CC)c2ccc(-c3ccc(CC(=O)O)cc3)c(C)c2)cc1C.CC. The van der Waals surface area contributed by atoms with E-state index in [2.05, 4.69) is 83.2 Å². The summed E-state index contributed by atoms with van der Waals surface area (Å²) in [6.45, 7) is 15.0. The number of hydrogen-bond acceptors (Lipinski definition) is 1. The molecule has 0 aliphatic carbocycles. The summed E-state index contributed by atoms with van der Waals surface area (Å²) in [7, 11) is 0. The summed E-state index contributed by atoms with van der Waals surface area (Å²) in [6, 6.07) is 21.6. The summed E-state index contributed by atoms with van der Waals surface area (Å²) in [4.78, 5) is 11.0. The molecule has 0 unspecified atom stereocenters. The van der Waals surface area contributed by atoms with Gasteiger partial charge in [-0.2, -0.15) is 0 Å². The van der Waals surface area contributed by atoms with Crippen LogP contribution in [-0.2, 0) is 16.6 Å². The van der Waals surface area contributed by atoms with E-state index in [0.717, 1.165) is 24.0 Å². The highest BCUT2D eigenvalue weighted by Crippen LogP contribution is 2.41. The summed E-state index contributed by atoms with van der Waals surface area (Å²) < 4.78 is 0. The molecule has 0 aliphatic heterocycles. The van der Waals surface area contributed by atoms with Gasteiger partial charge in [-0.15, -0.1) is 0 Å². The van der Waals surface area contributed by atoms with Crippen LogP contribution < -0.4 is 0 Å². The van der Waals surface area contributed by atoms with E-state index in [1.54, 1.807) is 0 Å². The van der Waals surface area contributed by atoms with Crippen LogP contribution in [0.2, 0.25) is 0 Å². The number of allylic oxidation sites excluding steroid dienone is 1. The Labute approximate surface area is 206 Å². The predicted octanol–water partition coefficient (Wildman–Crippen LogP) is 8.76. The van der Waals surface area contributed by atoms with Gasteiger partial charge in [0.15, 0.2) is 0 Å². The molecule has 0 saturated carbocycles. The number of rotatable bonds is 8. The van der Waals surface area contributed by atoms with Gasteiger partial charge in [0.2, 0.25) is 0 Å². The van der Waals surface area contributed by atoms with E-state index in [9.17, 15) is 4.79 Å². The second-order valence-corrected chi connectivity index (χ2v) is 8.66. The van der Waals surface area contributed by atoms with Gasteiger partial charge in [-0.05, 0) is 78.1 Å². The number of carboxylic acid groups (broad SMARTS) is 1. The van der Waals surface area contributed by atoms with Crippen molar-refractivity contribution in [1.82, 2.24) is 0 Å². The van der Waals surface area contributed by atoms with Gasteiger partial charge in [0.05, 0.1) is 6.42 Å². The first-order chi connectivity index (χ1) is 16.3. The average Bonchev–Trinajstić information content (AvgIpc) is 2.84. The molecule has 2 nitrogen and oxygen atoms in total. The van der Waals surface area contributed by atoms with Gasteiger partial charge in [-0.25, -0.2) is 0 Å². The summed E-state index contributed by atoms with van der Waals surface area (Å²) in [6.07, 6.45) is 6.38. The largest absolute Gasteiger partial charge is 0.481 e. The topological polar surface area (TPSA) is 37.3 Å². The fourth-order valence-corrected chi connectivity index (χ4v) is 4.84. The van der Waals surface area contributed by atoms with Crippen molar-refractivity contribution in [3.8, 4) is 11.1 Å². The molecular formula is C32H40O2. The van der Waals surface area contributed by atoms with Crippen molar-refractivity contribution in [2.24, 2.45) is 0 Å². The zero-order valence-electron chi connectivity index (χ0n) is 21.9. The second-order valence-electron chi connectivity index (χ2n) is 8.66. The fourth-order valence-electron chi connectivity index (χ4n) is 4.84. The summed E-state index contributed by atoms with van der Waals surface area (Å²) >= 11 is 0. The molecule has 3 aromatic rings. The van der Waals surface area contributed by atoms with Gasteiger partial charge in [-0.1, -0.05) is 101 Å². The zero-order chi connectivity index (χ0) is 25.3. The van der Waals surface area contributed by atoms with Crippen LogP contribution in [0.1, 0.15) is 80.8 Å². The zero-order valence-corrected chi connectivity index (χ0v) is 21.9. The van der Waals surface area contributed by atoms with Gasteiger partial charge < -0.3 is 5.11 Å². The van der Waals surface area contributed by atoms with Crippen molar-refractivity contribution >= 4 is 12.0 Å². The first-order valence-electron chi connectivity index (χ1n) is 12.5. The molecule has 0 aliphatic rings. The summed E-state index contributed by atoms with van der Waals surface area (Å²) in [5.41, 5.74) is 9.66. The Hall–Kier alpha value is -3.13. The molecule has 0 spiro atoms. The molecule has 180 valence electrons. The number of benzene rings is 3. The molecule has 0 amide bonds. The molecule has 0 saturated heterocycles. The maximum Gasteiger partial charge on any atom is 0.307 e.